The fourth-order valence-corrected chi connectivity index (χ4v) is 3.19. The third-order valence-corrected chi connectivity index (χ3v) is 4.57. The molecular formula is C10H8ClF2NO4S. The van der Waals surface area contributed by atoms with Crippen molar-refractivity contribution in [2.75, 3.05) is 10.8 Å². The summed E-state index contributed by atoms with van der Waals surface area (Å²) in [5.74, 6) is -4.88. The summed E-state index contributed by atoms with van der Waals surface area (Å²) in [6.07, 6.45) is 0.167. The van der Waals surface area contributed by atoms with Crippen molar-refractivity contribution in [1.29, 1.82) is 0 Å². The van der Waals surface area contributed by atoms with Crippen molar-refractivity contribution in [2.24, 2.45) is 0 Å². The minimum absolute atomic E-state index is 0.0573. The van der Waals surface area contributed by atoms with E-state index in [1.54, 1.807) is 0 Å². The lowest BCUT2D eigenvalue weighted by molar-refractivity contribution is 0.0697. The van der Waals surface area contributed by atoms with E-state index < -0.39 is 21.8 Å². The number of benzene rings is 1. The number of carboxylic acids is 1. The average Bonchev–Trinajstić information content (AvgIpc) is 2.73. The molecule has 9 heteroatoms. The van der Waals surface area contributed by atoms with Crippen molar-refractivity contribution < 1.29 is 27.1 Å². The third kappa shape index (κ3) is 2.25. The summed E-state index contributed by atoms with van der Waals surface area (Å²) in [6, 6.07) is 2.21. The zero-order valence-corrected chi connectivity index (χ0v) is 10.9. The molecular weight excluding hydrogens is 304 g/mol. The molecule has 1 heterocycles. The Bertz CT molecular complexity index is 647. The molecule has 0 radical (unpaired) electrons. The Morgan fingerprint density at radius 1 is 1.42 bits per heavy atom. The largest absolute Gasteiger partial charge is 0.478 e. The van der Waals surface area contributed by atoms with Gasteiger partial charge >= 0.3 is 11.7 Å². The zero-order chi connectivity index (χ0) is 14.4. The van der Waals surface area contributed by atoms with Crippen LogP contribution >= 0.6 is 11.6 Å². The van der Waals surface area contributed by atoms with Crippen LogP contribution in [0.3, 0.4) is 0 Å². The Hall–Kier alpha value is -1.41. The number of carbonyl (C=O) groups is 1. The van der Waals surface area contributed by atoms with Crippen LogP contribution in [0.5, 0.6) is 0 Å². The van der Waals surface area contributed by atoms with Crippen LogP contribution in [0.1, 0.15) is 15.9 Å². The van der Waals surface area contributed by atoms with Crippen LogP contribution in [0, 0.1) is 0 Å². The van der Waals surface area contributed by atoms with Crippen molar-refractivity contribution in [2.45, 2.75) is 12.2 Å². The van der Waals surface area contributed by atoms with Crippen LogP contribution in [0.4, 0.5) is 14.5 Å². The maximum absolute atomic E-state index is 12.5. The highest BCUT2D eigenvalue weighted by atomic mass is 35.5. The molecule has 0 atom stereocenters. The molecule has 0 spiro atoms. The number of anilines is 1. The van der Waals surface area contributed by atoms with Gasteiger partial charge in [0.1, 0.15) is 0 Å². The summed E-state index contributed by atoms with van der Waals surface area (Å²) in [6.45, 7) is -0.176. The first kappa shape index (κ1) is 14.0. The van der Waals surface area contributed by atoms with Gasteiger partial charge in [-0.25, -0.2) is 13.2 Å². The summed E-state index contributed by atoms with van der Waals surface area (Å²) < 4.78 is 48.5. The van der Waals surface area contributed by atoms with E-state index in [-0.39, 0.29) is 29.2 Å². The van der Waals surface area contributed by atoms with E-state index in [1.807, 2.05) is 0 Å². The standard InChI is InChI=1S/C10H8ClF2NO4S/c11-7-3-5(9(15)16)4-8-6(7)1-2-14(8)19(17,18)10(12)13/h3-4,10H,1-2H2,(H,15,16). The predicted molar refractivity (Wildman–Crippen MR) is 64.4 cm³/mol. The molecule has 1 aromatic carbocycles. The number of halogens is 3. The van der Waals surface area contributed by atoms with Crippen LogP contribution in [0.2, 0.25) is 5.02 Å². The second kappa shape index (κ2) is 4.61. The normalized spacial score (nSPS) is 14.8. The highest BCUT2D eigenvalue weighted by molar-refractivity contribution is 7.93. The van der Waals surface area contributed by atoms with Gasteiger partial charge in [-0.2, -0.15) is 8.78 Å². The van der Waals surface area contributed by atoms with Gasteiger partial charge in [0, 0.05) is 11.6 Å². The number of alkyl halides is 2. The molecule has 5 nitrogen and oxygen atoms in total. The lowest BCUT2D eigenvalue weighted by Crippen LogP contribution is -2.33. The molecule has 0 saturated heterocycles. The highest BCUT2D eigenvalue weighted by Gasteiger charge is 2.37. The molecule has 0 fully saturated rings. The van der Waals surface area contributed by atoms with E-state index in [9.17, 15) is 22.0 Å². The van der Waals surface area contributed by atoms with Gasteiger partial charge in [0.05, 0.1) is 11.3 Å². The lowest BCUT2D eigenvalue weighted by atomic mass is 10.1. The van der Waals surface area contributed by atoms with Crippen LogP contribution in [-0.2, 0) is 16.4 Å². The predicted octanol–water partition coefficient (Wildman–Crippen LogP) is 1.95. The molecule has 1 aliphatic heterocycles. The van der Waals surface area contributed by atoms with E-state index in [2.05, 4.69) is 0 Å². The SMILES string of the molecule is O=C(O)c1cc(Cl)c2c(c1)N(S(=O)(=O)C(F)F)CC2. The number of aromatic carboxylic acids is 1. The molecule has 104 valence electrons. The maximum Gasteiger partial charge on any atom is 0.355 e. The first-order valence-electron chi connectivity index (χ1n) is 5.10. The molecule has 0 aromatic heterocycles. The Morgan fingerprint density at radius 3 is 2.58 bits per heavy atom. The fraction of sp³-hybridized carbons (Fsp3) is 0.300. The maximum atomic E-state index is 12.5. The Balaban J connectivity index is 2.59. The minimum Gasteiger partial charge on any atom is -0.478 e. The van der Waals surface area contributed by atoms with E-state index >= 15 is 0 Å². The fourth-order valence-electron chi connectivity index (χ4n) is 1.91. The van der Waals surface area contributed by atoms with Crippen molar-refractivity contribution in [1.82, 2.24) is 0 Å². The summed E-state index contributed by atoms with van der Waals surface area (Å²) >= 11 is 5.84. The summed E-state index contributed by atoms with van der Waals surface area (Å²) in [5, 5.41) is 8.92. The second-order valence-corrected chi connectivity index (χ2v) is 6.12. The molecule has 2 rings (SSSR count). The molecule has 1 aromatic rings. The molecule has 0 bridgehead atoms. The quantitative estimate of drug-likeness (QED) is 0.926. The van der Waals surface area contributed by atoms with Gasteiger partial charge in [-0.3, -0.25) is 4.31 Å². The van der Waals surface area contributed by atoms with Crippen molar-refractivity contribution >= 4 is 33.3 Å². The molecule has 1 N–H and O–H groups in total. The van der Waals surface area contributed by atoms with Crippen molar-refractivity contribution in [3.63, 3.8) is 0 Å². The van der Waals surface area contributed by atoms with E-state index in [0.717, 1.165) is 6.07 Å². The van der Waals surface area contributed by atoms with Gasteiger partial charge in [0.2, 0.25) is 0 Å². The van der Waals surface area contributed by atoms with Crippen LogP contribution in [-0.4, -0.2) is 31.8 Å². The Labute approximate surface area is 112 Å². The number of rotatable bonds is 3. The molecule has 0 amide bonds. The van der Waals surface area contributed by atoms with Crippen LogP contribution in [0.25, 0.3) is 0 Å². The van der Waals surface area contributed by atoms with E-state index in [1.165, 1.54) is 6.07 Å². The highest BCUT2D eigenvalue weighted by Crippen LogP contribution is 2.37. The number of sulfonamides is 1. The second-order valence-electron chi connectivity index (χ2n) is 3.89. The molecule has 0 aliphatic carbocycles. The van der Waals surface area contributed by atoms with Gasteiger partial charge in [0.15, 0.2) is 0 Å². The van der Waals surface area contributed by atoms with Gasteiger partial charge in [-0.1, -0.05) is 11.6 Å². The zero-order valence-electron chi connectivity index (χ0n) is 9.31. The Morgan fingerprint density at radius 2 is 2.05 bits per heavy atom. The molecule has 19 heavy (non-hydrogen) atoms. The number of hydrogen-bond donors (Lipinski definition) is 1. The topological polar surface area (TPSA) is 74.7 Å². The van der Waals surface area contributed by atoms with E-state index in [4.69, 9.17) is 16.7 Å². The first-order chi connectivity index (χ1) is 8.75. The van der Waals surface area contributed by atoms with Gasteiger partial charge < -0.3 is 5.11 Å². The molecule has 0 unspecified atom stereocenters. The number of fused-ring (bicyclic) bond motifs is 1. The van der Waals surface area contributed by atoms with Crippen LogP contribution < -0.4 is 4.31 Å². The number of nitrogens with zero attached hydrogens (tertiary/aromatic N) is 1. The first-order valence-corrected chi connectivity index (χ1v) is 6.98. The molecule has 1 aliphatic rings. The van der Waals surface area contributed by atoms with Gasteiger partial charge in [0.25, 0.3) is 10.0 Å². The summed E-state index contributed by atoms with van der Waals surface area (Å²) in [7, 11) is -4.80. The van der Waals surface area contributed by atoms with Gasteiger partial charge in [-0.05, 0) is 24.1 Å². The number of carboxylic acid groups (broad SMARTS) is 1. The average molecular weight is 312 g/mol. The summed E-state index contributed by atoms with van der Waals surface area (Å²) in [5.41, 5.74) is 0.0150. The minimum atomic E-state index is -4.80. The number of hydrogen-bond acceptors (Lipinski definition) is 3. The van der Waals surface area contributed by atoms with E-state index in [0.29, 0.717) is 9.87 Å². The molecule has 0 saturated carbocycles. The Kier molecular flexibility index (Phi) is 3.40. The van der Waals surface area contributed by atoms with Crippen molar-refractivity contribution in [3.05, 3.63) is 28.3 Å². The lowest BCUT2D eigenvalue weighted by Gasteiger charge is -2.19. The van der Waals surface area contributed by atoms with Crippen molar-refractivity contribution in [3.8, 4) is 0 Å². The third-order valence-electron chi connectivity index (χ3n) is 2.78. The van der Waals surface area contributed by atoms with Crippen LogP contribution in [0.15, 0.2) is 12.1 Å². The smallest absolute Gasteiger partial charge is 0.355 e. The summed E-state index contributed by atoms with van der Waals surface area (Å²) in [4.78, 5) is 10.9. The van der Waals surface area contributed by atoms with Gasteiger partial charge in [-0.15, -0.1) is 0 Å². The monoisotopic (exact) mass is 311 g/mol.